The average Bonchev–Trinajstić information content (AvgIpc) is 3.49. The Morgan fingerprint density at radius 3 is 2.53 bits per heavy atom. The largest absolute Gasteiger partial charge is 0.490 e. The maximum Gasteiger partial charge on any atom is 0.490 e. The molecule has 1 amide bonds. The van der Waals surface area contributed by atoms with E-state index in [1.165, 1.54) is 0 Å². The van der Waals surface area contributed by atoms with Gasteiger partial charge < -0.3 is 10.0 Å². The van der Waals surface area contributed by atoms with Gasteiger partial charge in [0, 0.05) is 62.0 Å². The van der Waals surface area contributed by atoms with Crippen molar-refractivity contribution in [3.63, 3.8) is 0 Å². The van der Waals surface area contributed by atoms with E-state index in [9.17, 15) is 18.0 Å². The summed E-state index contributed by atoms with van der Waals surface area (Å²) in [4.78, 5) is 32.5. The Bertz CT molecular complexity index is 1370. The highest BCUT2D eigenvalue weighted by atomic mass is 19.4. The maximum atomic E-state index is 12.8. The zero-order valence-electron chi connectivity index (χ0n) is 19.1. The lowest BCUT2D eigenvalue weighted by atomic mass is 9.97. The van der Waals surface area contributed by atoms with Gasteiger partial charge in [0.15, 0.2) is 11.5 Å². The van der Waals surface area contributed by atoms with Crippen molar-refractivity contribution < 1.29 is 27.9 Å². The Morgan fingerprint density at radius 2 is 1.89 bits per heavy atom. The molecule has 0 radical (unpaired) electrons. The highest BCUT2D eigenvalue weighted by Crippen LogP contribution is 2.27. The van der Waals surface area contributed by atoms with Crippen LogP contribution in [0.4, 0.5) is 13.2 Å². The van der Waals surface area contributed by atoms with E-state index >= 15 is 0 Å². The monoisotopic (exact) mass is 501 g/mol. The van der Waals surface area contributed by atoms with Crippen molar-refractivity contribution >= 4 is 17.5 Å². The van der Waals surface area contributed by atoms with Crippen LogP contribution in [0.25, 0.3) is 16.8 Å². The maximum absolute atomic E-state index is 12.8. The molecule has 10 nitrogen and oxygen atoms in total. The highest BCUT2D eigenvalue weighted by Gasteiger charge is 2.38. The van der Waals surface area contributed by atoms with E-state index in [0.717, 1.165) is 42.0 Å². The van der Waals surface area contributed by atoms with Crippen LogP contribution in [0.2, 0.25) is 0 Å². The fourth-order valence-electron chi connectivity index (χ4n) is 3.90. The molecule has 4 aromatic heterocycles. The number of halogens is 3. The molecule has 0 saturated carbocycles. The first-order valence-electron chi connectivity index (χ1n) is 11.0. The van der Waals surface area contributed by atoms with Crippen LogP contribution in [-0.4, -0.2) is 70.5 Å². The van der Waals surface area contributed by atoms with Crippen molar-refractivity contribution in [3.05, 3.63) is 66.6 Å². The molecule has 1 saturated heterocycles. The molecule has 5 rings (SSSR count). The number of fused-ring (bicyclic) bond motifs is 1. The Hall–Kier alpha value is -4.29. The summed E-state index contributed by atoms with van der Waals surface area (Å²) < 4.78 is 35.2. The quantitative estimate of drug-likeness (QED) is 0.458. The number of carboxylic acids is 1. The molecule has 1 unspecified atom stereocenters. The minimum absolute atomic E-state index is 0.0114. The number of amides is 1. The molecule has 4 aromatic rings. The number of carboxylic acid groups (broad SMARTS) is 1. The highest BCUT2D eigenvalue weighted by molar-refractivity contribution is 5.92. The molecule has 0 aliphatic carbocycles. The van der Waals surface area contributed by atoms with E-state index in [1.54, 1.807) is 30.2 Å². The summed E-state index contributed by atoms with van der Waals surface area (Å²) >= 11 is 0. The Labute approximate surface area is 203 Å². The third-order valence-electron chi connectivity index (χ3n) is 5.70. The molecule has 188 valence electrons. The van der Waals surface area contributed by atoms with E-state index in [2.05, 4.69) is 10.1 Å². The number of aromatic nitrogens is 6. The number of hydrogen-bond donors (Lipinski definition) is 1. The third kappa shape index (κ3) is 5.50. The molecule has 0 bridgehead atoms. The molecule has 1 aliphatic heterocycles. The molecular weight excluding hydrogens is 479 g/mol. The zero-order valence-corrected chi connectivity index (χ0v) is 19.1. The number of carbonyl (C=O) groups is 2. The first kappa shape index (κ1) is 24.8. The molecule has 1 atom stereocenters. The van der Waals surface area contributed by atoms with Crippen LogP contribution in [0.15, 0.2) is 55.1 Å². The molecule has 36 heavy (non-hydrogen) atoms. The van der Waals surface area contributed by atoms with Crippen LogP contribution in [0.3, 0.4) is 0 Å². The van der Waals surface area contributed by atoms with E-state index < -0.39 is 12.1 Å². The number of hydrogen-bond acceptors (Lipinski definition) is 6. The van der Waals surface area contributed by atoms with Crippen molar-refractivity contribution in [2.24, 2.45) is 7.05 Å². The van der Waals surface area contributed by atoms with Crippen molar-refractivity contribution in [1.82, 2.24) is 34.3 Å². The summed E-state index contributed by atoms with van der Waals surface area (Å²) in [5.74, 6) is -1.83. The number of nitrogens with zero attached hydrogens (tertiary/aromatic N) is 7. The van der Waals surface area contributed by atoms with Gasteiger partial charge in [-0.05, 0) is 37.1 Å². The van der Waals surface area contributed by atoms with Crippen LogP contribution in [0.1, 0.15) is 35.1 Å². The van der Waals surface area contributed by atoms with Crippen molar-refractivity contribution in [1.29, 1.82) is 0 Å². The summed E-state index contributed by atoms with van der Waals surface area (Å²) in [6, 6.07) is 9.70. The van der Waals surface area contributed by atoms with Gasteiger partial charge in [-0.25, -0.2) is 14.3 Å². The van der Waals surface area contributed by atoms with Gasteiger partial charge in [-0.15, -0.1) is 0 Å². The SMILES string of the molecule is Cn1nccc1C(=O)N1CCCC(c2nc3ccc(-c4cccnc4)cn3n2)C1.O=C(O)C(F)(F)F. The summed E-state index contributed by atoms with van der Waals surface area (Å²) in [5.41, 5.74) is 3.49. The molecule has 1 fully saturated rings. The van der Waals surface area contributed by atoms with Gasteiger partial charge in [-0.2, -0.15) is 23.4 Å². The predicted molar refractivity (Wildman–Crippen MR) is 121 cm³/mol. The molecule has 13 heteroatoms. The average molecular weight is 501 g/mol. The van der Waals surface area contributed by atoms with Crippen LogP contribution >= 0.6 is 0 Å². The lowest BCUT2D eigenvalue weighted by Gasteiger charge is -2.31. The predicted octanol–water partition coefficient (Wildman–Crippen LogP) is 3.18. The number of aryl methyl sites for hydroxylation is 1. The molecule has 0 aromatic carbocycles. The van der Waals surface area contributed by atoms with Crippen molar-refractivity contribution in [2.75, 3.05) is 13.1 Å². The fraction of sp³-hybridized carbons (Fsp3) is 0.304. The molecular formula is C23H22F3N7O3. The van der Waals surface area contributed by atoms with Crippen LogP contribution in [-0.2, 0) is 11.8 Å². The third-order valence-corrected chi connectivity index (χ3v) is 5.70. The number of piperidine rings is 1. The summed E-state index contributed by atoms with van der Waals surface area (Å²) in [5, 5.41) is 16.0. The van der Waals surface area contributed by atoms with Gasteiger partial charge in [0.05, 0.1) is 0 Å². The molecule has 1 N–H and O–H groups in total. The van der Waals surface area contributed by atoms with Gasteiger partial charge in [-0.3, -0.25) is 14.5 Å². The van der Waals surface area contributed by atoms with E-state index in [0.29, 0.717) is 12.2 Å². The fourth-order valence-corrected chi connectivity index (χ4v) is 3.90. The second-order valence-corrected chi connectivity index (χ2v) is 8.17. The van der Waals surface area contributed by atoms with E-state index in [-0.39, 0.29) is 11.8 Å². The Morgan fingerprint density at radius 1 is 1.11 bits per heavy atom. The standard InChI is InChI=1S/C21H21N7O.C2HF3O2/c1-26-18(8-10-23-26)21(29)27-11-3-5-17(13-27)20-24-19-7-6-16(14-28(19)25-20)15-4-2-9-22-12-15;3-2(4,5)1(6)7/h2,4,6-10,12,14,17H,3,5,11,13H2,1H3;(H,6,7). The zero-order chi connectivity index (χ0) is 25.9. The number of rotatable bonds is 3. The minimum Gasteiger partial charge on any atom is -0.475 e. The molecule has 5 heterocycles. The normalized spacial score (nSPS) is 15.9. The number of alkyl halides is 3. The van der Waals surface area contributed by atoms with Gasteiger partial charge in [0.25, 0.3) is 5.91 Å². The number of aliphatic carboxylic acids is 1. The van der Waals surface area contributed by atoms with Crippen LogP contribution < -0.4 is 0 Å². The van der Waals surface area contributed by atoms with Crippen molar-refractivity contribution in [2.45, 2.75) is 24.9 Å². The molecule has 1 aliphatic rings. The lowest BCUT2D eigenvalue weighted by molar-refractivity contribution is -0.192. The number of carbonyl (C=O) groups excluding carboxylic acids is 1. The Kier molecular flexibility index (Phi) is 6.99. The van der Waals surface area contributed by atoms with Gasteiger partial charge in [0.2, 0.25) is 0 Å². The van der Waals surface area contributed by atoms with E-state index in [4.69, 9.17) is 20.0 Å². The smallest absolute Gasteiger partial charge is 0.475 e. The van der Waals surface area contributed by atoms with Crippen molar-refractivity contribution in [3.8, 4) is 11.1 Å². The van der Waals surface area contributed by atoms with Gasteiger partial charge in [0.1, 0.15) is 5.69 Å². The molecule has 0 spiro atoms. The van der Waals surface area contributed by atoms with Crippen LogP contribution in [0.5, 0.6) is 0 Å². The number of likely N-dealkylation sites (tertiary alicyclic amines) is 1. The summed E-state index contributed by atoms with van der Waals surface area (Å²) in [7, 11) is 1.79. The minimum atomic E-state index is -5.08. The Balaban J connectivity index is 0.000000384. The first-order chi connectivity index (χ1) is 17.1. The summed E-state index contributed by atoms with van der Waals surface area (Å²) in [6.07, 6.45) is 4.05. The van der Waals surface area contributed by atoms with Gasteiger partial charge >= 0.3 is 12.1 Å². The van der Waals surface area contributed by atoms with Crippen LogP contribution in [0, 0.1) is 0 Å². The topological polar surface area (TPSA) is 119 Å². The first-order valence-corrected chi connectivity index (χ1v) is 11.0. The summed E-state index contributed by atoms with van der Waals surface area (Å²) in [6.45, 7) is 1.37. The second kappa shape index (κ2) is 10.1. The second-order valence-electron chi connectivity index (χ2n) is 8.17. The van der Waals surface area contributed by atoms with E-state index in [1.807, 2.05) is 46.1 Å². The number of pyridine rings is 2. The van der Waals surface area contributed by atoms with Gasteiger partial charge in [-0.1, -0.05) is 6.07 Å². The lowest BCUT2D eigenvalue weighted by Crippen LogP contribution is -2.40.